The molecule has 0 saturated carbocycles. The molecule has 0 unspecified atom stereocenters. The second kappa shape index (κ2) is 11.7. The maximum absolute atomic E-state index is 13.2. The maximum Gasteiger partial charge on any atom is 0.341 e. The predicted octanol–water partition coefficient (Wildman–Crippen LogP) is 3.90. The third-order valence-electron chi connectivity index (χ3n) is 5.32. The van der Waals surface area contributed by atoms with E-state index in [1.54, 1.807) is 24.3 Å². The number of benzene rings is 2. The van der Waals surface area contributed by atoms with Gasteiger partial charge in [-0.15, -0.1) is 0 Å². The SMILES string of the molecule is CCc1ccc(NS(=O)(=O)c2ccccc2NCCCN(CC)CC)c(C(=O)O)c1OC. The van der Waals surface area contributed by atoms with Crippen molar-refractivity contribution in [3.63, 3.8) is 0 Å². The summed E-state index contributed by atoms with van der Waals surface area (Å²) in [6.07, 6.45) is 1.42. The van der Waals surface area contributed by atoms with Crippen molar-refractivity contribution in [1.29, 1.82) is 0 Å². The van der Waals surface area contributed by atoms with E-state index >= 15 is 0 Å². The molecule has 0 radical (unpaired) electrons. The van der Waals surface area contributed by atoms with Crippen LogP contribution in [0.15, 0.2) is 41.3 Å². The van der Waals surface area contributed by atoms with Crippen LogP contribution in [0.4, 0.5) is 11.4 Å². The average Bonchev–Trinajstić information content (AvgIpc) is 2.78. The van der Waals surface area contributed by atoms with Gasteiger partial charge < -0.3 is 20.1 Å². The van der Waals surface area contributed by atoms with Gasteiger partial charge in [-0.2, -0.15) is 0 Å². The monoisotopic (exact) mass is 463 g/mol. The van der Waals surface area contributed by atoms with Crippen molar-refractivity contribution < 1.29 is 23.1 Å². The van der Waals surface area contributed by atoms with E-state index in [2.05, 4.69) is 28.8 Å². The van der Waals surface area contributed by atoms with Gasteiger partial charge in [0.2, 0.25) is 0 Å². The number of ether oxygens (including phenoxy) is 1. The van der Waals surface area contributed by atoms with Crippen LogP contribution in [0.25, 0.3) is 0 Å². The summed E-state index contributed by atoms with van der Waals surface area (Å²) in [5.41, 5.74) is 0.902. The van der Waals surface area contributed by atoms with Gasteiger partial charge in [-0.05, 0) is 56.2 Å². The minimum absolute atomic E-state index is 0.0390. The van der Waals surface area contributed by atoms with E-state index in [-0.39, 0.29) is 21.9 Å². The van der Waals surface area contributed by atoms with E-state index in [0.717, 1.165) is 26.1 Å². The highest BCUT2D eigenvalue weighted by atomic mass is 32.2. The minimum atomic E-state index is -4.05. The number of anilines is 2. The van der Waals surface area contributed by atoms with Crippen molar-refractivity contribution in [3.05, 3.63) is 47.5 Å². The topological polar surface area (TPSA) is 108 Å². The molecular weight excluding hydrogens is 430 g/mol. The number of carboxylic acids is 1. The Bertz CT molecular complexity index is 1020. The lowest BCUT2D eigenvalue weighted by Crippen LogP contribution is -2.25. The van der Waals surface area contributed by atoms with Crippen LogP contribution < -0.4 is 14.8 Å². The van der Waals surface area contributed by atoms with E-state index in [0.29, 0.717) is 24.2 Å². The largest absolute Gasteiger partial charge is 0.495 e. The number of aromatic carboxylic acids is 1. The highest BCUT2D eigenvalue weighted by Crippen LogP contribution is 2.33. The first-order valence-corrected chi connectivity index (χ1v) is 12.3. The van der Waals surface area contributed by atoms with Crippen LogP contribution in [0.1, 0.15) is 43.1 Å². The van der Waals surface area contributed by atoms with E-state index in [1.165, 1.54) is 19.2 Å². The van der Waals surface area contributed by atoms with E-state index in [1.807, 2.05) is 6.92 Å². The number of nitrogens with one attached hydrogen (secondary N) is 2. The Morgan fingerprint density at radius 1 is 1.06 bits per heavy atom. The highest BCUT2D eigenvalue weighted by molar-refractivity contribution is 7.92. The summed E-state index contributed by atoms with van der Waals surface area (Å²) in [6.45, 7) is 9.56. The summed E-state index contributed by atoms with van der Waals surface area (Å²) in [4.78, 5) is 14.3. The Balaban J connectivity index is 2.30. The zero-order chi connectivity index (χ0) is 23.7. The molecule has 32 heavy (non-hydrogen) atoms. The van der Waals surface area contributed by atoms with Gasteiger partial charge in [-0.3, -0.25) is 4.72 Å². The lowest BCUT2D eigenvalue weighted by Gasteiger charge is -2.19. The lowest BCUT2D eigenvalue weighted by molar-refractivity contribution is 0.0694. The Hall–Kier alpha value is -2.78. The van der Waals surface area contributed by atoms with Gasteiger partial charge in [-0.1, -0.05) is 39.0 Å². The van der Waals surface area contributed by atoms with Gasteiger partial charge in [0.1, 0.15) is 16.2 Å². The van der Waals surface area contributed by atoms with Gasteiger partial charge in [0, 0.05) is 6.54 Å². The quantitative estimate of drug-likeness (QED) is 0.387. The standard InChI is InChI=1S/C23H33N3O5S/c1-5-17-13-14-19(21(23(27)28)22(17)31-4)25-32(29,30)20-12-9-8-11-18(20)24-15-10-16-26(6-2)7-3/h8-9,11-14,24-25H,5-7,10,15-16H2,1-4H3,(H,27,28). The number of sulfonamides is 1. The number of hydrogen-bond acceptors (Lipinski definition) is 6. The third-order valence-corrected chi connectivity index (χ3v) is 6.74. The summed E-state index contributed by atoms with van der Waals surface area (Å²) in [5, 5.41) is 12.9. The predicted molar refractivity (Wildman–Crippen MR) is 127 cm³/mol. The van der Waals surface area contributed by atoms with Crippen LogP contribution in [0.2, 0.25) is 0 Å². The van der Waals surface area contributed by atoms with Gasteiger partial charge in [0.25, 0.3) is 10.0 Å². The van der Waals surface area contributed by atoms with Crippen LogP contribution in [-0.4, -0.2) is 57.7 Å². The second-order valence-electron chi connectivity index (χ2n) is 7.25. The number of aryl methyl sites for hydroxylation is 1. The molecule has 0 aliphatic carbocycles. The number of carbonyl (C=O) groups is 1. The molecule has 8 nitrogen and oxygen atoms in total. The average molecular weight is 464 g/mol. The Kier molecular flexibility index (Phi) is 9.34. The minimum Gasteiger partial charge on any atom is -0.495 e. The first kappa shape index (κ1) is 25.5. The molecule has 0 aromatic heterocycles. The van der Waals surface area contributed by atoms with Crippen LogP contribution in [-0.2, 0) is 16.4 Å². The fourth-order valence-corrected chi connectivity index (χ4v) is 4.80. The molecule has 2 rings (SSSR count). The zero-order valence-electron chi connectivity index (χ0n) is 19.1. The van der Waals surface area contributed by atoms with Crippen molar-refractivity contribution >= 4 is 27.4 Å². The van der Waals surface area contributed by atoms with E-state index in [9.17, 15) is 18.3 Å². The third kappa shape index (κ3) is 6.14. The van der Waals surface area contributed by atoms with Gasteiger partial charge in [-0.25, -0.2) is 13.2 Å². The summed E-state index contributed by atoms with van der Waals surface area (Å²) in [6, 6.07) is 9.71. The van der Waals surface area contributed by atoms with Gasteiger partial charge in [0.15, 0.2) is 0 Å². The number of methoxy groups -OCH3 is 1. The Morgan fingerprint density at radius 2 is 1.75 bits per heavy atom. The first-order chi connectivity index (χ1) is 15.3. The molecular formula is C23H33N3O5S. The van der Waals surface area contributed by atoms with Gasteiger partial charge >= 0.3 is 5.97 Å². The maximum atomic E-state index is 13.2. The molecule has 0 bridgehead atoms. The van der Waals surface area contributed by atoms with Crippen molar-refractivity contribution in [2.45, 2.75) is 38.5 Å². The molecule has 0 aliphatic rings. The lowest BCUT2D eigenvalue weighted by atomic mass is 10.0. The van der Waals surface area contributed by atoms with Crippen molar-refractivity contribution in [2.24, 2.45) is 0 Å². The number of para-hydroxylation sites is 1. The summed E-state index contributed by atoms with van der Waals surface area (Å²) >= 11 is 0. The Morgan fingerprint density at radius 3 is 2.34 bits per heavy atom. The summed E-state index contributed by atoms with van der Waals surface area (Å²) in [5.74, 6) is -1.11. The molecule has 0 atom stereocenters. The molecule has 0 fully saturated rings. The fraction of sp³-hybridized carbons (Fsp3) is 0.435. The fourth-order valence-electron chi connectivity index (χ4n) is 3.55. The van der Waals surface area contributed by atoms with E-state index < -0.39 is 16.0 Å². The highest BCUT2D eigenvalue weighted by Gasteiger charge is 2.25. The smallest absolute Gasteiger partial charge is 0.341 e. The Labute approximate surface area is 190 Å². The molecule has 2 aromatic carbocycles. The van der Waals surface area contributed by atoms with Crippen LogP contribution in [0.5, 0.6) is 5.75 Å². The number of carboxylic acid groups (broad SMARTS) is 1. The molecule has 0 amide bonds. The normalized spacial score (nSPS) is 11.4. The number of rotatable bonds is 13. The van der Waals surface area contributed by atoms with Crippen molar-refractivity contribution in [3.8, 4) is 5.75 Å². The summed E-state index contributed by atoms with van der Waals surface area (Å²) in [7, 11) is -2.68. The molecule has 0 spiro atoms. The molecule has 0 saturated heterocycles. The zero-order valence-corrected chi connectivity index (χ0v) is 20.0. The number of nitrogens with zero attached hydrogens (tertiary/aromatic N) is 1. The number of hydrogen-bond donors (Lipinski definition) is 3. The molecule has 0 aliphatic heterocycles. The van der Waals surface area contributed by atoms with Crippen molar-refractivity contribution in [1.82, 2.24) is 4.90 Å². The first-order valence-electron chi connectivity index (χ1n) is 10.8. The molecule has 2 aromatic rings. The molecule has 9 heteroatoms. The van der Waals surface area contributed by atoms with Crippen LogP contribution in [0, 0.1) is 0 Å². The van der Waals surface area contributed by atoms with Crippen LogP contribution in [0.3, 0.4) is 0 Å². The molecule has 176 valence electrons. The van der Waals surface area contributed by atoms with Crippen LogP contribution >= 0.6 is 0 Å². The van der Waals surface area contributed by atoms with E-state index in [4.69, 9.17) is 4.74 Å². The molecule has 0 heterocycles. The second-order valence-corrected chi connectivity index (χ2v) is 8.90. The van der Waals surface area contributed by atoms with Gasteiger partial charge in [0.05, 0.1) is 18.5 Å². The van der Waals surface area contributed by atoms with Crippen molar-refractivity contribution in [2.75, 3.05) is 43.3 Å². The molecule has 3 N–H and O–H groups in total. The summed E-state index contributed by atoms with van der Waals surface area (Å²) < 4.78 is 34.1.